The predicted molar refractivity (Wildman–Crippen MR) is 109 cm³/mol. The minimum absolute atomic E-state index is 0.259. The molecule has 0 aliphatic heterocycles. The van der Waals surface area contributed by atoms with Crippen molar-refractivity contribution >= 4 is 28.2 Å². The first-order valence-electron chi connectivity index (χ1n) is 9.48. The number of carbonyl (C=O) groups excluding carboxylic acids is 2. The fourth-order valence-corrected chi connectivity index (χ4v) is 4.75. The average molecular weight is 387 g/mol. The quantitative estimate of drug-likeness (QED) is 0.692. The molecule has 0 bridgehead atoms. The Morgan fingerprint density at radius 1 is 1.37 bits per heavy atom. The summed E-state index contributed by atoms with van der Waals surface area (Å²) in [6.45, 7) is 4.93. The molecule has 0 saturated heterocycles. The normalized spacial score (nSPS) is 15.9. The Morgan fingerprint density at radius 2 is 2.19 bits per heavy atom. The van der Waals surface area contributed by atoms with Crippen molar-refractivity contribution in [2.75, 3.05) is 11.9 Å². The summed E-state index contributed by atoms with van der Waals surface area (Å²) in [6, 6.07) is 7.10. The molecule has 5 nitrogen and oxygen atoms in total. The Balaban J connectivity index is 1.80. The molecule has 0 saturated carbocycles. The number of hydrogen-bond acceptors (Lipinski definition) is 4. The van der Waals surface area contributed by atoms with Crippen LogP contribution in [0, 0.1) is 5.92 Å². The van der Waals surface area contributed by atoms with Crippen molar-refractivity contribution < 1.29 is 14.3 Å². The monoisotopic (exact) mass is 386 g/mol. The van der Waals surface area contributed by atoms with Crippen molar-refractivity contribution in [1.82, 2.24) is 0 Å². The number of amides is 2. The van der Waals surface area contributed by atoms with E-state index >= 15 is 0 Å². The second-order valence-electron chi connectivity index (χ2n) is 7.10. The lowest BCUT2D eigenvalue weighted by Gasteiger charge is -2.18. The van der Waals surface area contributed by atoms with E-state index in [4.69, 9.17) is 10.5 Å². The SMILES string of the molecule is CCCCOc1cccc(C(=O)Nc2sc3c(c2C(N)=O)CC[C@H](C)C3)c1. The molecule has 1 heterocycles. The largest absolute Gasteiger partial charge is 0.494 e. The minimum atomic E-state index is -0.478. The molecule has 0 fully saturated rings. The lowest BCUT2D eigenvalue weighted by Crippen LogP contribution is -2.19. The molecule has 1 aromatic heterocycles. The van der Waals surface area contributed by atoms with Gasteiger partial charge >= 0.3 is 0 Å². The topological polar surface area (TPSA) is 81.4 Å². The molecule has 3 N–H and O–H groups in total. The number of benzene rings is 1. The maximum Gasteiger partial charge on any atom is 0.256 e. The molecule has 27 heavy (non-hydrogen) atoms. The number of unbranched alkanes of at least 4 members (excludes halogenated alkanes) is 1. The van der Waals surface area contributed by atoms with E-state index < -0.39 is 5.91 Å². The molecule has 2 aromatic rings. The van der Waals surface area contributed by atoms with Crippen molar-refractivity contribution in [2.45, 2.75) is 46.0 Å². The Bertz CT molecular complexity index is 844. The Kier molecular flexibility index (Phi) is 6.16. The van der Waals surface area contributed by atoms with Gasteiger partial charge in [-0.25, -0.2) is 0 Å². The summed E-state index contributed by atoms with van der Waals surface area (Å²) in [7, 11) is 0. The molecule has 1 atom stereocenters. The lowest BCUT2D eigenvalue weighted by molar-refractivity contribution is 0.1000. The Labute approximate surface area is 163 Å². The van der Waals surface area contributed by atoms with Gasteiger partial charge in [0.25, 0.3) is 11.8 Å². The van der Waals surface area contributed by atoms with Gasteiger partial charge in [-0.15, -0.1) is 11.3 Å². The molecule has 3 rings (SSSR count). The number of carbonyl (C=O) groups is 2. The second-order valence-corrected chi connectivity index (χ2v) is 8.21. The van der Waals surface area contributed by atoms with Crippen LogP contribution >= 0.6 is 11.3 Å². The van der Waals surface area contributed by atoms with E-state index in [0.717, 1.165) is 42.5 Å². The van der Waals surface area contributed by atoms with Gasteiger partial charge in [-0.3, -0.25) is 9.59 Å². The van der Waals surface area contributed by atoms with Gasteiger partial charge in [-0.1, -0.05) is 26.3 Å². The van der Waals surface area contributed by atoms with Gasteiger partial charge < -0.3 is 15.8 Å². The Hall–Kier alpha value is -2.34. The first-order valence-corrected chi connectivity index (χ1v) is 10.3. The van der Waals surface area contributed by atoms with Crippen molar-refractivity contribution in [2.24, 2.45) is 11.7 Å². The first kappa shape index (κ1) is 19.4. The van der Waals surface area contributed by atoms with E-state index in [1.807, 2.05) is 6.07 Å². The van der Waals surface area contributed by atoms with Crippen LogP contribution in [0.2, 0.25) is 0 Å². The summed E-state index contributed by atoms with van der Waals surface area (Å²) < 4.78 is 5.68. The van der Waals surface area contributed by atoms with Crippen LogP contribution in [-0.4, -0.2) is 18.4 Å². The number of nitrogens with one attached hydrogen (secondary N) is 1. The van der Waals surface area contributed by atoms with Crippen LogP contribution in [-0.2, 0) is 12.8 Å². The number of anilines is 1. The van der Waals surface area contributed by atoms with Crippen LogP contribution in [0.1, 0.15) is 64.3 Å². The van der Waals surface area contributed by atoms with Crippen molar-refractivity contribution in [3.8, 4) is 5.75 Å². The number of fused-ring (bicyclic) bond motifs is 1. The van der Waals surface area contributed by atoms with Crippen molar-refractivity contribution in [3.05, 3.63) is 45.8 Å². The number of thiophene rings is 1. The van der Waals surface area contributed by atoms with E-state index in [-0.39, 0.29) is 5.91 Å². The smallest absolute Gasteiger partial charge is 0.256 e. The number of ether oxygens (including phenoxy) is 1. The molecule has 1 aromatic carbocycles. The zero-order valence-corrected chi connectivity index (χ0v) is 16.7. The van der Waals surface area contributed by atoms with Crippen LogP contribution in [0.4, 0.5) is 5.00 Å². The van der Waals surface area contributed by atoms with E-state index in [1.165, 1.54) is 11.3 Å². The number of rotatable bonds is 7. The summed E-state index contributed by atoms with van der Waals surface area (Å²) in [5.74, 6) is 0.516. The minimum Gasteiger partial charge on any atom is -0.494 e. The summed E-state index contributed by atoms with van der Waals surface area (Å²) in [5, 5.41) is 3.46. The highest BCUT2D eigenvalue weighted by molar-refractivity contribution is 7.17. The van der Waals surface area contributed by atoms with E-state index in [1.54, 1.807) is 18.2 Å². The summed E-state index contributed by atoms with van der Waals surface area (Å²) in [4.78, 5) is 25.9. The molecule has 0 radical (unpaired) electrons. The third kappa shape index (κ3) is 4.50. The lowest BCUT2D eigenvalue weighted by atomic mass is 9.88. The van der Waals surface area contributed by atoms with Crippen LogP contribution in [0.5, 0.6) is 5.75 Å². The molecule has 6 heteroatoms. The highest BCUT2D eigenvalue weighted by Gasteiger charge is 2.27. The fourth-order valence-electron chi connectivity index (χ4n) is 3.34. The van der Waals surface area contributed by atoms with Crippen LogP contribution in [0.3, 0.4) is 0 Å². The summed E-state index contributed by atoms with van der Waals surface area (Å²) in [6.07, 6.45) is 4.82. The van der Waals surface area contributed by atoms with Gasteiger partial charge in [0.2, 0.25) is 0 Å². The van der Waals surface area contributed by atoms with Crippen molar-refractivity contribution in [1.29, 1.82) is 0 Å². The highest BCUT2D eigenvalue weighted by Crippen LogP contribution is 2.39. The van der Waals surface area contributed by atoms with Crippen LogP contribution in [0.25, 0.3) is 0 Å². The number of hydrogen-bond donors (Lipinski definition) is 2. The van der Waals surface area contributed by atoms with Gasteiger partial charge in [0, 0.05) is 10.4 Å². The standard InChI is InChI=1S/C21H26N2O3S/c1-3-4-10-26-15-7-5-6-14(12-15)20(25)23-21-18(19(22)24)16-9-8-13(2)11-17(16)27-21/h5-7,12-13H,3-4,8-11H2,1-2H3,(H2,22,24)(H,23,25)/t13-/m0/s1. The third-order valence-electron chi connectivity index (χ3n) is 4.85. The summed E-state index contributed by atoms with van der Waals surface area (Å²) >= 11 is 1.47. The molecular weight excluding hydrogens is 360 g/mol. The van der Waals surface area contributed by atoms with Gasteiger partial charge in [-0.2, -0.15) is 0 Å². The molecule has 0 spiro atoms. The van der Waals surface area contributed by atoms with Gasteiger partial charge in [0.15, 0.2) is 0 Å². The van der Waals surface area contributed by atoms with E-state index in [9.17, 15) is 9.59 Å². The van der Waals surface area contributed by atoms with Crippen LogP contribution < -0.4 is 15.8 Å². The average Bonchev–Trinajstić information content (AvgIpc) is 2.99. The van der Waals surface area contributed by atoms with Crippen molar-refractivity contribution in [3.63, 3.8) is 0 Å². The maximum absolute atomic E-state index is 12.7. The molecule has 0 unspecified atom stereocenters. The summed E-state index contributed by atoms with van der Waals surface area (Å²) in [5.41, 5.74) is 7.61. The third-order valence-corrected chi connectivity index (χ3v) is 6.02. The zero-order chi connectivity index (χ0) is 19.4. The molecule has 2 amide bonds. The first-order chi connectivity index (χ1) is 13.0. The predicted octanol–water partition coefficient (Wildman–Crippen LogP) is 4.40. The number of nitrogens with two attached hydrogens (primary N) is 1. The van der Waals surface area contributed by atoms with Gasteiger partial charge in [0.1, 0.15) is 10.8 Å². The molecule has 1 aliphatic rings. The van der Waals surface area contributed by atoms with E-state index in [0.29, 0.717) is 34.4 Å². The van der Waals surface area contributed by atoms with Gasteiger partial charge in [-0.05, 0) is 55.4 Å². The van der Waals surface area contributed by atoms with Crippen LogP contribution in [0.15, 0.2) is 24.3 Å². The molecule has 1 aliphatic carbocycles. The Morgan fingerprint density at radius 3 is 2.93 bits per heavy atom. The van der Waals surface area contributed by atoms with E-state index in [2.05, 4.69) is 19.2 Å². The maximum atomic E-state index is 12.7. The van der Waals surface area contributed by atoms with Gasteiger partial charge in [0.05, 0.1) is 12.2 Å². The molecule has 144 valence electrons. The molecular formula is C21H26N2O3S. The fraction of sp³-hybridized carbons (Fsp3) is 0.429. The zero-order valence-electron chi connectivity index (χ0n) is 15.8. The number of primary amides is 1. The second kappa shape index (κ2) is 8.57. The highest BCUT2D eigenvalue weighted by atomic mass is 32.1.